The lowest BCUT2D eigenvalue weighted by Gasteiger charge is -2.11. The van der Waals surface area contributed by atoms with Gasteiger partial charge in [-0.15, -0.1) is 10.2 Å². The summed E-state index contributed by atoms with van der Waals surface area (Å²) in [5.41, 5.74) is 0.387. The monoisotopic (exact) mass is 353 g/mol. The van der Waals surface area contributed by atoms with Gasteiger partial charge in [0, 0.05) is 5.75 Å². The maximum Gasteiger partial charge on any atom is 0.261 e. The van der Waals surface area contributed by atoms with Gasteiger partial charge in [-0.25, -0.2) is 0 Å². The molecule has 0 aliphatic carbocycles. The molecule has 0 aliphatic heterocycles. The van der Waals surface area contributed by atoms with Gasteiger partial charge >= 0.3 is 0 Å². The van der Waals surface area contributed by atoms with Crippen LogP contribution in [0.2, 0.25) is 0 Å². The first-order valence-electron chi connectivity index (χ1n) is 7.03. The molecule has 1 N–H and O–H groups in total. The van der Waals surface area contributed by atoms with Crippen LogP contribution in [0.3, 0.4) is 0 Å². The number of nitrogens with one attached hydrogen (secondary N) is 1. The van der Waals surface area contributed by atoms with Crippen molar-refractivity contribution in [3.63, 3.8) is 0 Å². The summed E-state index contributed by atoms with van der Waals surface area (Å²) in [6.45, 7) is 4.29. The van der Waals surface area contributed by atoms with E-state index in [-0.39, 0.29) is 5.91 Å². The highest BCUT2D eigenvalue weighted by Gasteiger charge is 2.18. The van der Waals surface area contributed by atoms with Crippen LogP contribution >= 0.6 is 23.1 Å². The van der Waals surface area contributed by atoms with Gasteiger partial charge in [0.25, 0.3) is 5.91 Å². The van der Waals surface area contributed by atoms with Crippen molar-refractivity contribution in [3.8, 4) is 11.5 Å². The number of hydrogen-bond acceptors (Lipinski definition) is 7. The maximum atomic E-state index is 12.4. The highest BCUT2D eigenvalue weighted by atomic mass is 32.2. The number of methoxy groups -OCH3 is 2. The van der Waals surface area contributed by atoms with Crippen LogP contribution in [0.25, 0.3) is 0 Å². The average Bonchev–Trinajstić information content (AvgIpc) is 2.99. The first kappa shape index (κ1) is 17.6. The molecule has 1 amide bonds. The summed E-state index contributed by atoms with van der Waals surface area (Å²) in [7, 11) is 3.03. The molecule has 0 fully saturated rings. The van der Waals surface area contributed by atoms with E-state index < -0.39 is 0 Å². The summed E-state index contributed by atoms with van der Waals surface area (Å²) in [4.78, 5) is 12.4. The summed E-state index contributed by atoms with van der Waals surface area (Å²) in [6.07, 6.45) is 0. The van der Waals surface area contributed by atoms with Gasteiger partial charge in [0.15, 0.2) is 15.8 Å². The third-order valence-electron chi connectivity index (χ3n) is 2.81. The minimum Gasteiger partial charge on any atom is -0.493 e. The third-order valence-corrected chi connectivity index (χ3v) is 5.21. The standard InChI is InChI=1S/C15H19N3O3S2/c1-9(2)8-22-15-18-17-14(23-15)16-13(19)10-6-5-7-11(20-3)12(10)21-4/h5-7,9H,8H2,1-4H3,(H,16,17,19). The normalized spacial score (nSPS) is 10.7. The van der Waals surface area contributed by atoms with E-state index in [2.05, 4.69) is 29.4 Å². The topological polar surface area (TPSA) is 73.3 Å². The second-order valence-electron chi connectivity index (χ2n) is 5.07. The number of amides is 1. The molecule has 0 saturated carbocycles. The van der Waals surface area contributed by atoms with Gasteiger partial charge < -0.3 is 9.47 Å². The van der Waals surface area contributed by atoms with E-state index in [0.29, 0.717) is 28.1 Å². The second-order valence-corrected chi connectivity index (χ2v) is 7.32. The number of para-hydroxylation sites is 1. The van der Waals surface area contributed by atoms with E-state index in [9.17, 15) is 4.79 Å². The number of rotatable bonds is 7. The highest BCUT2D eigenvalue weighted by Crippen LogP contribution is 2.32. The van der Waals surface area contributed by atoms with Crippen molar-refractivity contribution in [2.75, 3.05) is 25.3 Å². The molecule has 6 nitrogen and oxygen atoms in total. The third kappa shape index (κ3) is 4.59. The van der Waals surface area contributed by atoms with E-state index >= 15 is 0 Å². The van der Waals surface area contributed by atoms with Crippen LogP contribution in [0, 0.1) is 5.92 Å². The molecule has 0 radical (unpaired) electrons. The summed E-state index contributed by atoms with van der Waals surface area (Å²) < 4.78 is 11.3. The minimum absolute atomic E-state index is 0.308. The molecule has 8 heteroatoms. The van der Waals surface area contributed by atoms with Crippen LogP contribution < -0.4 is 14.8 Å². The molecule has 2 rings (SSSR count). The Morgan fingerprint density at radius 2 is 2.09 bits per heavy atom. The Kier molecular flexibility index (Phi) is 6.23. The average molecular weight is 353 g/mol. The molecular weight excluding hydrogens is 334 g/mol. The number of benzene rings is 1. The molecule has 23 heavy (non-hydrogen) atoms. The lowest BCUT2D eigenvalue weighted by Crippen LogP contribution is -2.13. The van der Waals surface area contributed by atoms with Crippen molar-refractivity contribution in [1.82, 2.24) is 10.2 Å². The first-order valence-corrected chi connectivity index (χ1v) is 8.84. The largest absolute Gasteiger partial charge is 0.493 e. The number of aromatic nitrogens is 2. The van der Waals surface area contributed by atoms with Crippen molar-refractivity contribution >= 4 is 34.1 Å². The molecule has 0 atom stereocenters. The number of carbonyl (C=O) groups is 1. The Morgan fingerprint density at radius 3 is 2.74 bits per heavy atom. The van der Waals surface area contributed by atoms with Crippen molar-refractivity contribution < 1.29 is 14.3 Å². The molecule has 1 heterocycles. The molecule has 1 aromatic heterocycles. The summed E-state index contributed by atoms with van der Waals surface area (Å²) in [5, 5.41) is 11.3. The zero-order valence-electron chi connectivity index (χ0n) is 13.5. The van der Waals surface area contributed by atoms with Gasteiger partial charge in [0.2, 0.25) is 5.13 Å². The zero-order chi connectivity index (χ0) is 16.8. The molecule has 0 spiro atoms. The van der Waals surface area contributed by atoms with Crippen molar-refractivity contribution in [3.05, 3.63) is 23.8 Å². The lowest BCUT2D eigenvalue weighted by atomic mass is 10.1. The van der Waals surface area contributed by atoms with Crippen molar-refractivity contribution in [1.29, 1.82) is 0 Å². The fraction of sp³-hybridized carbons (Fsp3) is 0.400. The minimum atomic E-state index is -0.308. The van der Waals surface area contributed by atoms with Crippen molar-refractivity contribution in [2.24, 2.45) is 5.92 Å². The zero-order valence-corrected chi connectivity index (χ0v) is 15.1. The van der Waals surface area contributed by atoms with Gasteiger partial charge in [-0.1, -0.05) is 43.0 Å². The molecule has 2 aromatic rings. The summed E-state index contributed by atoms with van der Waals surface area (Å²) in [5.74, 6) is 2.13. The summed E-state index contributed by atoms with van der Waals surface area (Å²) in [6, 6.07) is 5.15. The molecular formula is C15H19N3O3S2. The number of carbonyl (C=O) groups excluding carboxylic acids is 1. The van der Waals surface area contributed by atoms with E-state index in [0.717, 1.165) is 10.1 Å². The number of ether oxygens (including phenoxy) is 2. The predicted octanol–water partition coefficient (Wildman–Crippen LogP) is 3.56. The van der Waals surface area contributed by atoms with Crippen LogP contribution in [0.1, 0.15) is 24.2 Å². The van der Waals surface area contributed by atoms with Crippen LogP contribution in [-0.2, 0) is 0 Å². The molecule has 124 valence electrons. The van der Waals surface area contributed by atoms with Gasteiger partial charge in [0.05, 0.1) is 19.8 Å². The maximum absolute atomic E-state index is 12.4. The lowest BCUT2D eigenvalue weighted by molar-refractivity contribution is 0.102. The quantitative estimate of drug-likeness (QED) is 0.606. The number of anilines is 1. The van der Waals surface area contributed by atoms with Gasteiger partial charge in [-0.3, -0.25) is 10.1 Å². The van der Waals surface area contributed by atoms with Crippen LogP contribution in [0.5, 0.6) is 11.5 Å². The Morgan fingerprint density at radius 1 is 1.30 bits per heavy atom. The summed E-state index contributed by atoms with van der Waals surface area (Å²) >= 11 is 2.99. The smallest absolute Gasteiger partial charge is 0.261 e. The first-order chi connectivity index (χ1) is 11.0. The van der Waals surface area contributed by atoms with Crippen LogP contribution in [-0.4, -0.2) is 36.1 Å². The number of nitrogens with zero attached hydrogens (tertiary/aromatic N) is 2. The van der Waals surface area contributed by atoms with Crippen LogP contribution in [0.15, 0.2) is 22.5 Å². The fourth-order valence-corrected chi connectivity index (χ4v) is 3.51. The molecule has 1 aromatic carbocycles. The van der Waals surface area contributed by atoms with Gasteiger partial charge in [-0.05, 0) is 18.1 Å². The fourth-order valence-electron chi connectivity index (χ4n) is 1.79. The molecule has 0 aliphatic rings. The predicted molar refractivity (Wildman–Crippen MR) is 93.0 cm³/mol. The highest BCUT2D eigenvalue weighted by molar-refractivity contribution is 8.01. The molecule has 0 saturated heterocycles. The Bertz CT molecular complexity index is 674. The SMILES string of the molecule is COc1cccc(C(=O)Nc2nnc(SCC(C)C)s2)c1OC. The van der Waals surface area contributed by atoms with E-state index in [1.54, 1.807) is 30.0 Å². The van der Waals surface area contributed by atoms with E-state index in [1.165, 1.54) is 25.6 Å². The Balaban J connectivity index is 2.10. The van der Waals surface area contributed by atoms with Crippen molar-refractivity contribution in [2.45, 2.75) is 18.2 Å². The molecule has 0 unspecified atom stereocenters. The van der Waals surface area contributed by atoms with E-state index in [1.807, 2.05) is 0 Å². The number of hydrogen-bond donors (Lipinski definition) is 1. The number of thioether (sulfide) groups is 1. The Labute approximate surface area is 143 Å². The van der Waals surface area contributed by atoms with Gasteiger partial charge in [0.1, 0.15) is 0 Å². The van der Waals surface area contributed by atoms with Crippen LogP contribution in [0.4, 0.5) is 5.13 Å². The second kappa shape index (κ2) is 8.16. The molecule has 0 bridgehead atoms. The van der Waals surface area contributed by atoms with Gasteiger partial charge in [-0.2, -0.15) is 0 Å². The van der Waals surface area contributed by atoms with E-state index in [4.69, 9.17) is 9.47 Å². The Hall–Kier alpha value is -1.80.